The molecule has 1 aromatic heterocycles. The highest BCUT2D eigenvalue weighted by Gasteiger charge is 2.30. The summed E-state index contributed by atoms with van der Waals surface area (Å²) < 4.78 is 0.736. The number of carbonyl (C=O) groups is 1. The fourth-order valence-corrected chi connectivity index (χ4v) is 2.33. The molecule has 1 saturated heterocycles. The molecule has 1 amide bonds. The van der Waals surface area contributed by atoms with Crippen molar-refractivity contribution in [3.8, 4) is 12.3 Å². The number of terminal acetylenes is 1. The van der Waals surface area contributed by atoms with E-state index in [2.05, 4.69) is 26.8 Å². The number of halogens is 1. The van der Waals surface area contributed by atoms with Gasteiger partial charge in [-0.15, -0.1) is 12.3 Å². The van der Waals surface area contributed by atoms with Gasteiger partial charge in [0.2, 0.25) is 5.91 Å². The van der Waals surface area contributed by atoms with Crippen LogP contribution in [0.2, 0.25) is 0 Å². The van der Waals surface area contributed by atoms with Gasteiger partial charge < -0.3 is 0 Å². The van der Waals surface area contributed by atoms with E-state index in [1.54, 1.807) is 4.90 Å². The first kappa shape index (κ1) is 11.2. The van der Waals surface area contributed by atoms with Gasteiger partial charge in [-0.2, -0.15) is 0 Å². The minimum atomic E-state index is 0.00795. The average molecular weight is 279 g/mol. The molecular formula is C12H11BrN2O. The van der Waals surface area contributed by atoms with Crippen LogP contribution in [-0.4, -0.2) is 17.4 Å². The topological polar surface area (TPSA) is 33.2 Å². The third-order valence-corrected chi connectivity index (χ3v) is 2.97. The SMILES string of the molecule is C#CC1CC(=O)N(c2cc(C)cc(Br)n2)C1. The smallest absolute Gasteiger partial charge is 0.229 e. The van der Waals surface area contributed by atoms with E-state index in [0.717, 1.165) is 10.2 Å². The summed E-state index contributed by atoms with van der Waals surface area (Å²) in [5.41, 5.74) is 1.06. The van der Waals surface area contributed by atoms with E-state index in [1.807, 2.05) is 19.1 Å². The number of carbonyl (C=O) groups excluding carboxylic acids is 1. The van der Waals surface area contributed by atoms with Crippen molar-refractivity contribution < 1.29 is 4.79 Å². The molecule has 82 valence electrons. The average Bonchev–Trinajstić information content (AvgIpc) is 2.58. The van der Waals surface area contributed by atoms with Crippen LogP contribution in [0.4, 0.5) is 5.82 Å². The highest BCUT2D eigenvalue weighted by atomic mass is 79.9. The molecule has 16 heavy (non-hydrogen) atoms. The number of aryl methyl sites for hydroxylation is 1. The van der Waals surface area contributed by atoms with E-state index in [4.69, 9.17) is 6.42 Å². The van der Waals surface area contributed by atoms with Crippen molar-refractivity contribution in [1.29, 1.82) is 0 Å². The predicted molar refractivity (Wildman–Crippen MR) is 66.0 cm³/mol. The summed E-state index contributed by atoms with van der Waals surface area (Å²) in [6, 6.07) is 3.80. The Morgan fingerprint density at radius 2 is 2.38 bits per heavy atom. The molecule has 0 bridgehead atoms. The largest absolute Gasteiger partial charge is 0.295 e. The van der Waals surface area contributed by atoms with Crippen molar-refractivity contribution in [1.82, 2.24) is 4.98 Å². The van der Waals surface area contributed by atoms with Crippen LogP contribution in [0.15, 0.2) is 16.7 Å². The summed E-state index contributed by atoms with van der Waals surface area (Å²) >= 11 is 3.32. The molecule has 3 nitrogen and oxygen atoms in total. The standard InChI is InChI=1S/C12H11BrN2O/c1-3-9-6-12(16)15(7-9)11-5-8(2)4-10(13)14-11/h1,4-5,9H,6-7H2,2H3. The zero-order valence-electron chi connectivity index (χ0n) is 8.90. The second-order valence-electron chi connectivity index (χ2n) is 3.90. The molecule has 1 fully saturated rings. The molecule has 0 spiro atoms. The highest BCUT2D eigenvalue weighted by Crippen LogP contribution is 2.25. The van der Waals surface area contributed by atoms with Gasteiger partial charge in [-0.1, -0.05) is 0 Å². The molecule has 0 radical (unpaired) electrons. The first-order chi connectivity index (χ1) is 7.60. The molecule has 2 rings (SSSR count). The van der Waals surface area contributed by atoms with Crippen LogP contribution in [0.3, 0.4) is 0 Å². The summed E-state index contributed by atoms with van der Waals surface area (Å²) in [5, 5.41) is 0. The van der Waals surface area contributed by atoms with Crippen LogP contribution in [0.1, 0.15) is 12.0 Å². The number of hydrogen-bond donors (Lipinski definition) is 0. The summed E-state index contributed by atoms with van der Waals surface area (Å²) in [4.78, 5) is 17.7. The maximum Gasteiger partial charge on any atom is 0.229 e. The van der Waals surface area contributed by atoms with Gasteiger partial charge in [-0.05, 0) is 40.5 Å². The molecule has 1 aromatic rings. The van der Waals surface area contributed by atoms with E-state index in [1.165, 1.54) is 0 Å². The number of nitrogens with zero attached hydrogens (tertiary/aromatic N) is 2. The fourth-order valence-electron chi connectivity index (χ4n) is 1.79. The lowest BCUT2D eigenvalue weighted by Gasteiger charge is -2.15. The number of amides is 1. The van der Waals surface area contributed by atoms with Crippen molar-refractivity contribution in [3.63, 3.8) is 0 Å². The first-order valence-corrected chi connectivity index (χ1v) is 5.80. The highest BCUT2D eigenvalue weighted by molar-refractivity contribution is 9.10. The first-order valence-electron chi connectivity index (χ1n) is 5.01. The molecular weight excluding hydrogens is 268 g/mol. The molecule has 1 unspecified atom stereocenters. The van der Waals surface area contributed by atoms with Crippen LogP contribution in [-0.2, 0) is 4.79 Å². The lowest BCUT2D eigenvalue weighted by atomic mass is 10.1. The number of pyridine rings is 1. The fraction of sp³-hybridized carbons (Fsp3) is 0.333. The van der Waals surface area contributed by atoms with Crippen LogP contribution < -0.4 is 4.90 Å². The Balaban J connectivity index is 2.32. The van der Waals surface area contributed by atoms with Crippen LogP contribution in [0, 0.1) is 25.2 Å². The van der Waals surface area contributed by atoms with Gasteiger partial charge in [-0.3, -0.25) is 9.69 Å². The lowest BCUT2D eigenvalue weighted by molar-refractivity contribution is -0.117. The quantitative estimate of drug-likeness (QED) is 0.583. The maximum absolute atomic E-state index is 11.7. The van der Waals surface area contributed by atoms with E-state index in [-0.39, 0.29) is 11.8 Å². The molecule has 1 aliphatic rings. The third kappa shape index (κ3) is 2.10. The minimum absolute atomic E-state index is 0.00795. The molecule has 0 aromatic carbocycles. The summed E-state index contributed by atoms with van der Waals surface area (Å²) in [6.07, 6.45) is 5.76. The second kappa shape index (κ2) is 4.26. The molecule has 1 atom stereocenters. The number of hydrogen-bond acceptors (Lipinski definition) is 2. The van der Waals surface area contributed by atoms with Gasteiger partial charge in [-0.25, -0.2) is 4.98 Å². The van der Waals surface area contributed by atoms with Crippen molar-refractivity contribution in [2.75, 3.05) is 11.4 Å². The monoisotopic (exact) mass is 278 g/mol. The van der Waals surface area contributed by atoms with Gasteiger partial charge >= 0.3 is 0 Å². The Hall–Kier alpha value is -1.34. The van der Waals surface area contributed by atoms with E-state index in [9.17, 15) is 4.79 Å². The lowest BCUT2D eigenvalue weighted by Crippen LogP contribution is -2.25. The zero-order chi connectivity index (χ0) is 11.7. The third-order valence-electron chi connectivity index (χ3n) is 2.56. The normalized spacial score (nSPS) is 19.9. The van der Waals surface area contributed by atoms with Gasteiger partial charge in [0, 0.05) is 18.9 Å². The van der Waals surface area contributed by atoms with Gasteiger partial charge in [0.25, 0.3) is 0 Å². The maximum atomic E-state index is 11.7. The van der Waals surface area contributed by atoms with E-state index < -0.39 is 0 Å². The predicted octanol–water partition coefficient (Wildman–Crippen LogP) is 2.14. The summed E-state index contributed by atoms with van der Waals surface area (Å²) in [6.45, 7) is 2.54. The zero-order valence-corrected chi connectivity index (χ0v) is 10.5. The van der Waals surface area contributed by atoms with Crippen LogP contribution in [0.5, 0.6) is 0 Å². The molecule has 4 heteroatoms. The van der Waals surface area contributed by atoms with Crippen molar-refractivity contribution in [2.45, 2.75) is 13.3 Å². The minimum Gasteiger partial charge on any atom is -0.295 e. The molecule has 0 N–H and O–H groups in total. The Labute approximate surface area is 103 Å². The van der Waals surface area contributed by atoms with E-state index in [0.29, 0.717) is 18.8 Å². The van der Waals surface area contributed by atoms with Crippen molar-refractivity contribution in [3.05, 3.63) is 22.3 Å². The van der Waals surface area contributed by atoms with Crippen molar-refractivity contribution >= 4 is 27.7 Å². The summed E-state index contributed by atoms with van der Waals surface area (Å²) in [7, 11) is 0. The van der Waals surface area contributed by atoms with Crippen LogP contribution in [0.25, 0.3) is 0 Å². The van der Waals surface area contributed by atoms with Gasteiger partial charge in [0.05, 0.1) is 0 Å². The summed E-state index contributed by atoms with van der Waals surface area (Å²) in [5.74, 6) is 3.35. The Kier molecular flexibility index (Phi) is 2.97. The number of rotatable bonds is 1. The van der Waals surface area contributed by atoms with Gasteiger partial charge in [0.1, 0.15) is 10.4 Å². The van der Waals surface area contributed by atoms with Crippen molar-refractivity contribution in [2.24, 2.45) is 5.92 Å². The number of anilines is 1. The second-order valence-corrected chi connectivity index (χ2v) is 4.71. The Morgan fingerprint density at radius 3 is 2.94 bits per heavy atom. The molecule has 1 aliphatic heterocycles. The molecule has 2 heterocycles. The molecule has 0 aliphatic carbocycles. The Morgan fingerprint density at radius 1 is 1.62 bits per heavy atom. The van der Waals surface area contributed by atoms with E-state index >= 15 is 0 Å². The molecule has 0 saturated carbocycles. The Bertz CT molecular complexity index is 458. The van der Waals surface area contributed by atoms with Crippen LogP contribution >= 0.6 is 15.9 Å². The van der Waals surface area contributed by atoms with Gasteiger partial charge in [0.15, 0.2) is 0 Å². The number of aromatic nitrogens is 1.